The summed E-state index contributed by atoms with van der Waals surface area (Å²) in [5.41, 5.74) is 7.11. The number of thiazole rings is 1. The number of hydrogen-bond donors (Lipinski definition) is 3. The van der Waals surface area contributed by atoms with Gasteiger partial charge in [-0.25, -0.2) is 4.98 Å². The van der Waals surface area contributed by atoms with E-state index in [1.165, 1.54) is 0 Å². The van der Waals surface area contributed by atoms with Gasteiger partial charge >= 0.3 is 0 Å². The van der Waals surface area contributed by atoms with Gasteiger partial charge in [-0.05, 0) is 37.1 Å². The van der Waals surface area contributed by atoms with Crippen LogP contribution in [0.5, 0.6) is 0 Å². The Balaban J connectivity index is 1.52. The average Bonchev–Trinajstić information content (AvgIpc) is 3.29. The molecule has 0 saturated carbocycles. The highest BCUT2D eigenvalue weighted by Crippen LogP contribution is 2.25. The van der Waals surface area contributed by atoms with E-state index in [0.29, 0.717) is 6.54 Å². The Morgan fingerprint density at radius 1 is 1.23 bits per heavy atom. The molecule has 1 atom stereocenters. The summed E-state index contributed by atoms with van der Waals surface area (Å²) < 4.78 is 0. The smallest absolute Gasteiger partial charge is 0.273 e. The van der Waals surface area contributed by atoms with Crippen LogP contribution in [0, 0.1) is 0 Å². The van der Waals surface area contributed by atoms with Gasteiger partial charge in [0.15, 0.2) is 11.5 Å². The van der Waals surface area contributed by atoms with Gasteiger partial charge in [-0.1, -0.05) is 0 Å². The van der Waals surface area contributed by atoms with Crippen LogP contribution < -0.4 is 16.4 Å². The number of anilines is 3. The molecule has 1 fully saturated rings. The second-order valence-electron chi connectivity index (χ2n) is 7.19. The summed E-state index contributed by atoms with van der Waals surface area (Å²) in [6.45, 7) is 2.87. The Kier molecular flexibility index (Phi) is 6.03. The first-order valence-electron chi connectivity index (χ1n) is 9.83. The predicted molar refractivity (Wildman–Crippen MR) is 118 cm³/mol. The van der Waals surface area contributed by atoms with Crippen LogP contribution in [-0.4, -0.2) is 56.0 Å². The maximum Gasteiger partial charge on any atom is 0.273 e. The minimum absolute atomic E-state index is 0.00399. The van der Waals surface area contributed by atoms with E-state index in [4.69, 9.17) is 5.73 Å². The third-order valence-electron chi connectivity index (χ3n) is 4.95. The fraction of sp³-hybridized carbons (Fsp3) is 0.300. The lowest BCUT2D eigenvalue weighted by molar-refractivity contribution is -0.129. The standard InChI is InChI=1S/C20H22N8O2S/c1-12(29)28-9-2-3-15(11-28)24-20-25-18(16(17(21)30)26-27-20)23-14-6-4-13(5-7-14)19-22-8-10-31-19/h4-8,10,15H,2-3,9,11H2,1H3,(H2,21,30)(H2,23,24,25,27)/t15-/m1/s1. The molecule has 1 aliphatic heterocycles. The first kappa shape index (κ1) is 20.7. The fourth-order valence-corrected chi connectivity index (χ4v) is 4.05. The van der Waals surface area contributed by atoms with Crippen molar-refractivity contribution in [1.29, 1.82) is 0 Å². The van der Waals surface area contributed by atoms with Gasteiger partial charge in [-0.2, -0.15) is 4.98 Å². The number of rotatable bonds is 6. The number of aromatic nitrogens is 4. The number of amides is 2. The van der Waals surface area contributed by atoms with Gasteiger partial charge in [0, 0.05) is 48.9 Å². The van der Waals surface area contributed by atoms with Gasteiger partial charge in [0.2, 0.25) is 11.9 Å². The maximum atomic E-state index is 11.8. The lowest BCUT2D eigenvalue weighted by Gasteiger charge is -2.32. The number of nitrogens with zero attached hydrogens (tertiary/aromatic N) is 5. The molecule has 0 aliphatic carbocycles. The molecule has 4 N–H and O–H groups in total. The first-order valence-corrected chi connectivity index (χ1v) is 10.7. The van der Waals surface area contributed by atoms with E-state index in [1.807, 2.05) is 29.6 Å². The van der Waals surface area contributed by atoms with Crippen LogP contribution in [0.4, 0.5) is 17.5 Å². The van der Waals surface area contributed by atoms with E-state index in [9.17, 15) is 9.59 Å². The maximum absolute atomic E-state index is 11.8. The Bertz CT molecular complexity index is 1070. The number of carbonyl (C=O) groups is 2. The minimum Gasteiger partial charge on any atom is -0.364 e. The summed E-state index contributed by atoms with van der Waals surface area (Å²) in [6, 6.07) is 7.59. The highest BCUT2D eigenvalue weighted by atomic mass is 32.1. The van der Waals surface area contributed by atoms with Crippen LogP contribution in [0.15, 0.2) is 35.8 Å². The van der Waals surface area contributed by atoms with Crippen LogP contribution in [-0.2, 0) is 4.79 Å². The van der Waals surface area contributed by atoms with Crippen molar-refractivity contribution in [2.75, 3.05) is 23.7 Å². The van der Waals surface area contributed by atoms with Gasteiger partial charge in [-0.3, -0.25) is 9.59 Å². The highest BCUT2D eigenvalue weighted by Gasteiger charge is 2.23. The van der Waals surface area contributed by atoms with Gasteiger partial charge in [-0.15, -0.1) is 21.5 Å². The van der Waals surface area contributed by atoms with Gasteiger partial charge in [0.1, 0.15) is 5.01 Å². The second kappa shape index (κ2) is 9.04. The van der Waals surface area contributed by atoms with Crippen molar-refractivity contribution in [2.24, 2.45) is 5.73 Å². The molecular weight excluding hydrogens is 416 g/mol. The van der Waals surface area contributed by atoms with Crippen molar-refractivity contribution in [1.82, 2.24) is 25.1 Å². The minimum atomic E-state index is -0.728. The molecule has 160 valence electrons. The SMILES string of the molecule is CC(=O)N1CCC[C@@H](Nc2nnc(C(N)=O)c(Nc3ccc(-c4nccs4)cc3)n2)C1. The lowest BCUT2D eigenvalue weighted by Crippen LogP contribution is -2.44. The molecule has 0 unspecified atom stereocenters. The van der Waals surface area contributed by atoms with Crippen molar-refractivity contribution in [2.45, 2.75) is 25.8 Å². The third-order valence-corrected chi connectivity index (χ3v) is 5.77. The monoisotopic (exact) mass is 438 g/mol. The van der Waals surface area contributed by atoms with Crippen molar-refractivity contribution >= 4 is 40.6 Å². The summed E-state index contributed by atoms with van der Waals surface area (Å²) in [6.07, 6.45) is 3.53. The molecule has 31 heavy (non-hydrogen) atoms. The summed E-state index contributed by atoms with van der Waals surface area (Å²) >= 11 is 1.56. The van der Waals surface area contributed by atoms with E-state index < -0.39 is 5.91 Å². The number of nitrogens with two attached hydrogens (primary N) is 1. The first-order chi connectivity index (χ1) is 15.0. The molecule has 1 aliphatic rings. The second-order valence-corrected chi connectivity index (χ2v) is 8.08. The summed E-state index contributed by atoms with van der Waals surface area (Å²) in [5, 5.41) is 17.1. The van der Waals surface area contributed by atoms with E-state index in [-0.39, 0.29) is 29.4 Å². The Labute approximate surface area is 182 Å². The van der Waals surface area contributed by atoms with Crippen LogP contribution in [0.25, 0.3) is 10.6 Å². The largest absolute Gasteiger partial charge is 0.364 e. The number of primary amides is 1. The molecule has 0 bridgehead atoms. The molecule has 3 aromatic rings. The molecule has 2 amide bonds. The number of carbonyl (C=O) groups excluding carboxylic acids is 2. The molecule has 3 heterocycles. The predicted octanol–water partition coefficient (Wildman–Crippen LogP) is 2.26. The molecule has 0 spiro atoms. The van der Waals surface area contributed by atoms with E-state index in [0.717, 1.165) is 35.6 Å². The van der Waals surface area contributed by atoms with Crippen LogP contribution in [0.1, 0.15) is 30.3 Å². The number of benzene rings is 1. The molecule has 11 heteroatoms. The topological polar surface area (TPSA) is 139 Å². The van der Waals surface area contributed by atoms with E-state index in [1.54, 1.807) is 29.4 Å². The number of piperidine rings is 1. The van der Waals surface area contributed by atoms with Gasteiger partial charge in [0.25, 0.3) is 5.91 Å². The molecule has 4 rings (SSSR count). The number of hydrogen-bond acceptors (Lipinski definition) is 9. The Morgan fingerprint density at radius 3 is 2.71 bits per heavy atom. The summed E-state index contributed by atoms with van der Waals surface area (Å²) in [5.74, 6) is -0.208. The van der Waals surface area contributed by atoms with E-state index in [2.05, 4.69) is 30.8 Å². The summed E-state index contributed by atoms with van der Waals surface area (Å²) in [7, 11) is 0. The van der Waals surface area contributed by atoms with Gasteiger partial charge in [0.05, 0.1) is 0 Å². The van der Waals surface area contributed by atoms with Crippen LogP contribution in [0.2, 0.25) is 0 Å². The lowest BCUT2D eigenvalue weighted by atomic mass is 10.1. The van der Waals surface area contributed by atoms with Gasteiger partial charge < -0.3 is 21.3 Å². The quantitative estimate of drug-likeness (QED) is 0.533. The van der Waals surface area contributed by atoms with Crippen LogP contribution in [0.3, 0.4) is 0 Å². The zero-order valence-corrected chi connectivity index (χ0v) is 17.7. The van der Waals surface area contributed by atoms with Crippen molar-refractivity contribution in [3.05, 3.63) is 41.5 Å². The number of nitrogens with one attached hydrogen (secondary N) is 2. The van der Waals surface area contributed by atoms with Crippen molar-refractivity contribution in [3.8, 4) is 10.6 Å². The zero-order chi connectivity index (χ0) is 21.8. The molecule has 10 nitrogen and oxygen atoms in total. The number of likely N-dealkylation sites (tertiary alicyclic amines) is 1. The highest BCUT2D eigenvalue weighted by molar-refractivity contribution is 7.13. The molecular formula is C20H22N8O2S. The Morgan fingerprint density at radius 2 is 2.03 bits per heavy atom. The zero-order valence-electron chi connectivity index (χ0n) is 16.9. The normalized spacial score (nSPS) is 16.0. The van der Waals surface area contributed by atoms with Crippen LogP contribution >= 0.6 is 11.3 Å². The van der Waals surface area contributed by atoms with E-state index >= 15 is 0 Å². The van der Waals surface area contributed by atoms with Crippen molar-refractivity contribution in [3.63, 3.8) is 0 Å². The van der Waals surface area contributed by atoms with Crippen molar-refractivity contribution < 1.29 is 9.59 Å². The molecule has 1 saturated heterocycles. The molecule has 2 aromatic heterocycles. The average molecular weight is 439 g/mol. The molecule has 0 radical (unpaired) electrons. The summed E-state index contributed by atoms with van der Waals surface area (Å²) in [4.78, 5) is 34.0. The molecule has 1 aromatic carbocycles. The fourth-order valence-electron chi connectivity index (χ4n) is 3.40. The third kappa shape index (κ3) is 4.94. The Hall–Kier alpha value is -3.60.